The maximum absolute atomic E-state index is 5.88. The summed E-state index contributed by atoms with van der Waals surface area (Å²) in [4.78, 5) is 13.3. The van der Waals surface area contributed by atoms with Crippen LogP contribution in [0.2, 0.25) is 0 Å². The van der Waals surface area contributed by atoms with Crippen molar-refractivity contribution < 1.29 is 8.94 Å². The van der Waals surface area contributed by atoms with E-state index in [9.17, 15) is 0 Å². The molecule has 1 aliphatic heterocycles. The standard InChI is InChI=1S/C20H19N5O2/c1-2-6-19-17(5-1)22-20(26-19)25-10-8-24(9-11-25)14-16-12-18(23-27-16)15-4-3-7-21-13-15/h1-7,12-13H,8-11,14H2. The van der Waals surface area contributed by atoms with E-state index >= 15 is 0 Å². The topological polar surface area (TPSA) is 71.4 Å². The Kier molecular flexibility index (Phi) is 4.06. The highest BCUT2D eigenvalue weighted by Crippen LogP contribution is 2.23. The van der Waals surface area contributed by atoms with E-state index in [1.54, 1.807) is 12.4 Å². The van der Waals surface area contributed by atoms with Crippen molar-refractivity contribution in [3.63, 3.8) is 0 Å². The molecule has 1 aliphatic rings. The van der Waals surface area contributed by atoms with Gasteiger partial charge in [-0.05, 0) is 24.3 Å². The van der Waals surface area contributed by atoms with Gasteiger partial charge in [0, 0.05) is 50.2 Å². The molecule has 0 atom stereocenters. The number of hydrogen-bond acceptors (Lipinski definition) is 7. The minimum atomic E-state index is 0.703. The number of nitrogens with zero attached hydrogens (tertiary/aromatic N) is 5. The van der Waals surface area contributed by atoms with Crippen LogP contribution >= 0.6 is 0 Å². The molecule has 0 saturated carbocycles. The molecular formula is C20H19N5O2. The first kappa shape index (κ1) is 16.0. The molecule has 27 heavy (non-hydrogen) atoms. The largest absolute Gasteiger partial charge is 0.423 e. The summed E-state index contributed by atoms with van der Waals surface area (Å²) < 4.78 is 11.4. The van der Waals surface area contributed by atoms with Crippen LogP contribution in [0.5, 0.6) is 0 Å². The Balaban J connectivity index is 1.21. The van der Waals surface area contributed by atoms with Crippen molar-refractivity contribution >= 4 is 17.1 Å². The normalized spacial score (nSPS) is 15.5. The minimum Gasteiger partial charge on any atom is -0.423 e. The van der Waals surface area contributed by atoms with Crippen molar-refractivity contribution in [2.75, 3.05) is 31.1 Å². The van der Waals surface area contributed by atoms with Crippen molar-refractivity contribution in [2.45, 2.75) is 6.54 Å². The zero-order valence-electron chi connectivity index (χ0n) is 14.8. The molecule has 7 nitrogen and oxygen atoms in total. The van der Waals surface area contributed by atoms with Crippen LogP contribution in [0.15, 0.2) is 63.8 Å². The lowest BCUT2D eigenvalue weighted by Crippen LogP contribution is -2.46. The number of anilines is 1. The number of benzene rings is 1. The number of fused-ring (bicyclic) bond motifs is 1. The van der Waals surface area contributed by atoms with Gasteiger partial charge in [-0.1, -0.05) is 17.3 Å². The van der Waals surface area contributed by atoms with E-state index in [-0.39, 0.29) is 0 Å². The fourth-order valence-electron chi connectivity index (χ4n) is 3.35. The third-order valence-electron chi connectivity index (χ3n) is 4.82. The quantitative estimate of drug-likeness (QED) is 0.553. The molecule has 0 unspecified atom stereocenters. The summed E-state index contributed by atoms with van der Waals surface area (Å²) in [7, 11) is 0. The second-order valence-electron chi connectivity index (χ2n) is 6.65. The number of oxazole rings is 1. The highest BCUT2D eigenvalue weighted by atomic mass is 16.5. The van der Waals surface area contributed by atoms with Crippen LogP contribution in [0.3, 0.4) is 0 Å². The van der Waals surface area contributed by atoms with Crippen LogP contribution in [0.1, 0.15) is 5.76 Å². The molecule has 1 saturated heterocycles. The van der Waals surface area contributed by atoms with Gasteiger partial charge in [0.1, 0.15) is 11.2 Å². The highest BCUT2D eigenvalue weighted by Gasteiger charge is 2.22. The van der Waals surface area contributed by atoms with Gasteiger partial charge in [0.25, 0.3) is 6.01 Å². The van der Waals surface area contributed by atoms with E-state index in [0.717, 1.165) is 60.8 Å². The van der Waals surface area contributed by atoms with Crippen molar-refractivity contribution in [1.29, 1.82) is 0 Å². The Hall–Kier alpha value is -3.19. The summed E-state index contributed by atoms with van der Waals surface area (Å²) in [6, 6.07) is 14.4. The van der Waals surface area contributed by atoms with Gasteiger partial charge in [0.05, 0.1) is 6.54 Å². The molecule has 5 rings (SSSR count). The lowest BCUT2D eigenvalue weighted by molar-refractivity contribution is 0.217. The van der Waals surface area contributed by atoms with Gasteiger partial charge in [-0.25, -0.2) is 0 Å². The van der Waals surface area contributed by atoms with Crippen molar-refractivity contribution in [3.8, 4) is 11.3 Å². The molecule has 7 heteroatoms. The summed E-state index contributed by atoms with van der Waals surface area (Å²) in [5.41, 5.74) is 3.52. The average Bonchev–Trinajstić information content (AvgIpc) is 3.36. The fourth-order valence-corrected chi connectivity index (χ4v) is 3.35. The molecule has 0 spiro atoms. The Bertz CT molecular complexity index is 1000. The van der Waals surface area contributed by atoms with Gasteiger partial charge < -0.3 is 13.8 Å². The molecule has 4 aromatic rings. The number of hydrogen-bond donors (Lipinski definition) is 0. The van der Waals surface area contributed by atoms with E-state index in [0.29, 0.717) is 6.01 Å². The van der Waals surface area contributed by atoms with Crippen molar-refractivity contribution in [2.24, 2.45) is 0 Å². The van der Waals surface area contributed by atoms with Crippen LogP contribution in [-0.4, -0.2) is 46.2 Å². The van der Waals surface area contributed by atoms with Crippen LogP contribution in [-0.2, 0) is 6.54 Å². The summed E-state index contributed by atoms with van der Waals surface area (Å²) in [6.45, 7) is 4.32. The van der Waals surface area contributed by atoms with Gasteiger partial charge in [-0.2, -0.15) is 4.98 Å². The van der Waals surface area contributed by atoms with E-state index < -0.39 is 0 Å². The zero-order valence-corrected chi connectivity index (χ0v) is 14.8. The van der Waals surface area contributed by atoms with E-state index in [2.05, 4.69) is 24.9 Å². The zero-order chi connectivity index (χ0) is 18.1. The van der Waals surface area contributed by atoms with Crippen molar-refractivity contribution in [1.82, 2.24) is 20.0 Å². The van der Waals surface area contributed by atoms with Gasteiger partial charge >= 0.3 is 0 Å². The number of piperazine rings is 1. The molecule has 1 fully saturated rings. The first-order valence-corrected chi connectivity index (χ1v) is 9.04. The maximum atomic E-state index is 5.88. The smallest absolute Gasteiger partial charge is 0.298 e. The lowest BCUT2D eigenvalue weighted by Gasteiger charge is -2.33. The second-order valence-corrected chi connectivity index (χ2v) is 6.65. The summed E-state index contributed by atoms with van der Waals surface area (Å²) >= 11 is 0. The monoisotopic (exact) mass is 361 g/mol. The number of para-hydroxylation sites is 2. The van der Waals surface area contributed by atoms with Crippen LogP contribution in [0.25, 0.3) is 22.4 Å². The van der Waals surface area contributed by atoms with Crippen LogP contribution in [0.4, 0.5) is 6.01 Å². The van der Waals surface area contributed by atoms with Gasteiger partial charge in [-0.3, -0.25) is 9.88 Å². The molecular weight excluding hydrogens is 342 g/mol. The molecule has 3 aromatic heterocycles. The molecule has 0 bridgehead atoms. The van der Waals surface area contributed by atoms with Crippen molar-refractivity contribution in [3.05, 3.63) is 60.6 Å². The summed E-state index contributed by atoms with van der Waals surface area (Å²) in [5, 5.41) is 4.16. The summed E-state index contributed by atoms with van der Waals surface area (Å²) in [6.07, 6.45) is 3.54. The third-order valence-corrected chi connectivity index (χ3v) is 4.82. The highest BCUT2D eigenvalue weighted by molar-refractivity contribution is 5.74. The molecule has 0 radical (unpaired) electrons. The predicted molar refractivity (Wildman–Crippen MR) is 101 cm³/mol. The number of pyridine rings is 1. The lowest BCUT2D eigenvalue weighted by atomic mass is 10.2. The molecule has 4 heterocycles. The Morgan fingerprint density at radius 3 is 2.70 bits per heavy atom. The molecule has 136 valence electrons. The second kappa shape index (κ2) is 6.85. The molecule has 0 amide bonds. The van der Waals surface area contributed by atoms with E-state index in [1.165, 1.54) is 0 Å². The summed E-state index contributed by atoms with van der Waals surface area (Å²) in [5.74, 6) is 0.865. The average molecular weight is 361 g/mol. The minimum absolute atomic E-state index is 0.703. The first-order valence-electron chi connectivity index (χ1n) is 9.04. The molecule has 1 aromatic carbocycles. The van der Waals surface area contributed by atoms with Gasteiger partial charge in [-0.15, -0.1) is 0 Å². The van der Waals surface area contributed by atoms with Gasteiger partial charge in [0.15, 0.2) is 11.3 Å². The van der Waals surface area contributed by atoms with E-state index in [1.807, 2.05) is 42.5 Å². The van der Waals surface area contributed by atoms with Crippen LogP contribution in [0, 0.1) is 0 Å². The fraction of sp³-hybridized carbons (Fsp3) is 0.250. The third kappa shape index (κ3) is 3.29. The molecule has 0 N–H and O–H groups in total. The Morgan fingerprint density at radius 1 is 1.00 bits per heavy atom. The SMILES string of the molecule is c1cncc(-c2cc(CN3CCN(c4nc5ccccc5o4)CC3)on2)c1. The molecule has 0 aliphatic carbocycles. The Labute approximate surface area is 156 Å². The Morgan fingerprint density at radius 2 is 1.89 bits per heavy atom. The number of rotatable bonds is 4. The first-order chi connectivity index (χ1) is 13.3. The predicted octanol–water partition coefficient (Wildman–Crippen LogP) is 3.20. The maximum Gasteiger partial charge on any atom is 0.298 e. The number of aromatic nitrogens is 3. The van der Waals surface area contributed by atoms with Crippen LogP contribution < -0.4 is 4.90 Å². The van der Waals surface area contributed by atoms with Gasteiger partial charge in [0.2, 0.25) is 0 Å². The van der Waals surface area contributed by atoms with E-state index in [4.69, 9.17) is 8.94 Å².